The summed E-state index contributed by atoms with van der Waals surface area (Å²) in [6, 6.07) is 22.4. The molecular formula is C30H29N3O5. The Bertz CT molecular complexity index is 1500. The van der Waals surface area contributed by atoms with E-state index in [2.05, 4.69) is 4.98 Å². The molecule has 0 aliphatic carbocycles. The first-order valence-electron chi connectivity index (χ1n) is 12.6. The van der Waals surface area contributed by atoms with Crippen molar-refractivity contribution in [3.63, 3.8) is 0 Å². The number of esters is 1. The third kappa shape index (κ3) is 4.26. The van der Waals surface area contributed by atoms with Gasteiger partial charge in [-0.05, 0) is 41.9 Å². The van der Waals surface area contributed by atoms with E-state index < -0.39 is 18.1 Å². The van der Waals surface area contributed by atoms with Crippen LogP contribution in [0.3, 0.4) is 0 Å². The molecule has 0 saturated heterocycles. The lowest BCUT2D eigenvalue weighted by Gasteiger charge is -2.41. The number of para-hydroxylation sites is 1. The Morgan fingerprint density at radius 2 is 1.79 bits per heavy atom. The molecule has 2 aliphatic rings. The van der Waals surface area contributed by atoms with E-state index in [4.69, 9.17) is 14.2 Å². The van der Waals surface area contributed by atoms with Gasteiger partial charge in [-0.1, -0.05) is 54.6 Å². The van der Waals surface area contributed by atoms with Crippen LogP contribution in [0.4, 0.5) is 0 Å². The molecule has 3 heterocycles. The minimum absolute atomic E-state index is 0.138. The van der Waals surface area contributed by atoms with Gasteiger partial charge in [0.25, 0.3) is 0 Å². The maximum absolute atomic E-state index is 14.1. The van der Waals surface area contributed by atoms with Gasteiger partial charge in [0.15, 0.2) is 11.5 Å². The first-order valence-corrected chi connectivity index (χ1v) is 12.6. The number of carbonyl (C=O) groups is 2. The number of H-pyrrole nitrogens is 1. The normalized spacial score (nSPS) is 18.0. The first-order chi connectivity index (χ1) is 18.5. The largest absolute Gasteiger partial charge is 0.467 e. The molecular weight excluding hydrogens is 482 g/mol. The van der Waals surface area contributed by atoms with Crippen LogP contribution in [0.25, 0.3) is 10.9 Å². The molecule has 4 aromatic rings. The number of methoxy groups -OCH3 is 1. The van der Waals surface area contributed by atoms with Crippen LogP contribution in [0.15, 0.2) is 72.8 Å². The predicted octanol–water partition coefficient (Wildman–Crippen LogP) is 4.04. The third-order valence-corrected chi connectivity index (χ3v) is 7.31. The lowest BCUT2D eigenvalue weighted by Crippen LogP contribution is -2.54. The quantitative estimate of drug-likeness (QED) is 0.394. The summed E-state index contributed by atoms with van der Waals surface area (Å²) in [5, 5.41) is 1.04. The number of fused-ring (bicyclic) bond motifs is 4. The van der Waals surface area contributed by atoms with Crippen LogP contribution >= 0.6 is 0 Å². The van der Waals surface area contributed by atoms with Gasteiger partial charge in [0, 0.05) is 29.6 Å². The summed E-state index contributed by atoms with van der Waals surface area (Å²) in [5.74, 6) is 0.678. The molecule has 1 amide bonds. The van der Waals surface area contributed by atoms with Gasteiger partial charge in [-0.15, -0.1) is 0 Å². The van der Waals surface area contributed by atoms with E-state index in [9.17, 15) is 9.59 Å². The fourth-order valence-corrected chi connectivity index (χ4v) is 5.61. The minimum atomic E-state index is -0.778. The summed E-state index contributed by atoms with van der Waals surface area (Å²) >= 11 is 0. The molecule has 194 valence electrons. The van der Waals surface area contributed by atoms with E-state index in [1.54, 1.807) is 4.90 Å². The number of nitrogens with one attached hydrogen (secondary N) is 1. The smallest absolute Gasteiger partial charge is 0.328 e. The zero-order chi connectivity index (χ0) is 26.2. The number of benzene rings is 3. The Morgan fingerprint density at radius 3 is 2.61 bits per heavy atom. The molecule has 0 saturated carbocycles. The summed E-state index contributed by atoms with van der Waals surface area (Å²) in [5.41, 5.74) is 4.80. The maximum Gasteiger partial charge on any atom is 0.328 e. The Balaban J connectivity index is 1.44. The molecule has 0 bridgehead atoms. The van der Waals surface area contributed by atoms with E-state index >= 15 is 0 Å². The number of aromatic amines is 1. The minimum Gasteiger partial charge on any atom is -0.467 e. The lowest BCUT2D eigenvalue weighted by molar-refractivity contribution is -0.155. The fraction of sp³-hybridized carbons (Fsp3) is 0.267. The molecule has 0 spiro atoms. The molecule has 1 aromatic heterocycles. The number of amides is 1. The number of aromatic nitrogens is 1. The summed E-state index contributed by atoms with van der Waals surface area (Å²) in [4.78, 5) is 34.5. The van der Waals surface area contributed by atoms with Crippen molar-refractivity contribution in [1.82, 2.24) is 14.8 Å². The van der Waals surface area contributed by atoms with Gasteiger partial charge >= 0.3 is 5.97 Å². The van der Waals surface area contributed by atoms with Crippen molar-refractivity contribution in [3.8, 4) is 11.5 Å². The first kappa shape index (κ1) is 24.1. The summed E-state index contributed by atoms with van der Waals surface area (Å²) in [6.45, 7) is 0.896. The van der Waals surface area contributed by atoms with Crippen LogP contribution in [0.2, 0.25) is 0 Å². The summed E-state index contributed by atoms with van der Waals surface area (Å²) in [6.07, 6.45) is 0.362. The van der Waals surface area contributed by atoms with Crippen LogP contribution in [0.1, 0.15) is 28.4 Å². The number of rotatable bonds is 6. The van der Waals surface area contributed by atoms with Gasteiger partial charge in [-0.2, -0.15) is 0 Å². The average molecular weight is 512 g/mol. The Kier molecular flexibility index (Phi) is 6.25. The van der Waals surface area contributed by atoms with E-state index in [0.29, 0.717) is 24.5 Å². The number of hydrogen-bond donors (Lipinski definition) is 1. The SMILES string of the molecule is COC(=O)[C@@H]1Cc2c([nH]c3ccccc23)[C@H](c2ccc3c(c2)OCO3)N1C(=O)CN(C)Cc1ccccc1. The van der Waals surface area contributed by atoms with E-state index in [0.717, 1.165) is 33.3 Å². The monoisotopic (exact) mass is 511 g/mol. The van der Waals surface area contributed by atoms with Crippen LogP contribution in [-0.4, -0.2) is 60.2 Å². The molecule has 2 atom stereocenters. The van der Waals surface area contributed by atoms with E-state index in [1.165, 1.54) is 7.11 Å². The molecule has 0 fully saturated rings. The van der Waals surface area contributed by atoms with Crippen LogP contribution < -0.4 is 9.47 Å². The van der Waals surface area contributed by atoms with Crippen LogP contribution in [0.5, 0.6) is 11.5 Å². The molecule has 3 aromatic carbocycles. The standard InChI is InChI=1S/C30H29N3O5/c1-32(16-19-8-4-3-5-9-19)17-27(34)33-24(30(35)36-2)15-22-21-10-6-7-11-23(21)31-28(22)29(33)20-12-13-25-26(14-20)38-18-37-25/h3-14,24,29,31H,15-18H2,1-2H3/t24-,29-/m0/s1. The van der Waals surface area contributed by atoms with Crippen molar-refractivity contribution >= 4 is 22.8 Å². The second kappa shape index (κ2) is 9.87. The Morgan fingerprint density at radius 1 is 1.03 bits per heavy atom. The average Bonchev–Trinajstić information content (AvgIpc) is 3.56. The molecule has 8 heteroatoms. The van der Waals surface area contributed by atoms with Gasteiger partial charge in [0.1, 0.15) is 6.04 Å². The molecule has 1 N–H and O–H groups in total. The topological polar surface area (TPSA) is 84.1 Å². The Labute approximate surface area is 220 Å². The zero-order valence-electron chi connectivity index (χ0n) is 21.3. The Hall–Kier alpha value is -4.30. The molecule has 0 radical (unpaired) electrons. The van der Waals surface area contributed by atoms with Crippen LogP contribution in [0, 0.1) is 0 Å². The zero-order valence-corrected chi connectivity index (χ0v) is 21.3. The summed E-state index contributed by atoms with van der Waals surface area (Å²) < 4.78 is 16.4. The number of nitrogens with zero attached hydrogens (tertiary/aromatic N) is 2. The van der Waals surface area contributed by atoms with Crippen molar-refractivity contribution in [2.75, 3.05) is 27.5 Å². The van der Waals surface area contributed by atoms with Crippen molar-refractivity contribution in [2.45, 2.75) is 25.0 Å². The highest BCUT2D eigenvalue weighted by Crippen LogP contribution is 2.44. The van der Waals surface area contributed by atoms with Crippen molar-refractivity contribution in [2.24, 2.45) is 0 Å². The van der Waals surface area contributed by atoms with E-state index in [1.807, 2.05) is 84.7 Å². The van der Waals surface area contributed by atoms with Crippen LogP contribution in [-0.2, 0) is 27.3 Å². The molecule has 38 heavy (non-hydrogen) atoms. The molecule has 6 rings (SSSR count). The number of likely N-dealkylation sites (N-methyl/N-ethyl adjacent to an activating group) is 1. The van der Waals surface area contributed by atoms with Gasteiger partial charge in [-0.3, -0.25) is 9.69 Å². The van der Waals surface area contributed by atoms with Gasteiger partial charge < -0.3 is 24.1 Å². The summed E-state index contributed by atoms with van der Waals surface area (Å²) in [7, 11) is 3.28. The third-order valence-electron chi connectivity index (χ3n) is 7.31. The predicted molar refractivity (Wildman–Crippen MR) is 142 cm³/mol. The molecule has 8 nitrogen and oxygen atoms in total. The van der Waals surface area contributed by atoms with E-state index in [-0.39, 0.29) is 19.2 Å². The highest BCUT2D eigenvalue weighted by molar-refractivity contribution is 5.91. The van der Waals surface area contributed by atoms with Gasteiger partial charge in [0.05, 0.1) is 19.7 Å². The van der Waals surface area contributed by atoms with Crippen molar-refractivity contribution in [1.29, 1.82) is 0 Å². The number of ether oxygens (including phenoxy) is 3. The van der Waals surface area contributed by atoms with Gasteiger partial charge in [-0.25, -0.2) is 4.79 Å². The molecule has 0 unspecified atom stereocenters. The fourth-order valence-electron chi connectivity index (χ4n) is 5.61. The van der Waals surface area contributed by atoms with Gasteiger partial charge in [0.2, 0.25) is 12.7 Å². The lowest BCUT2D eigenvalue weighted by atomic mass is 9.87. The number of carbonyl (C=O) groups excluding carboxylic acids is 2. The van der Waals surface area contributed by atoms with Crippen molar-refractivity contribution < 1.29 is 23.8 Å². The van der Waals surface area contributed by atoms with Crippen molar-refractivity contribution in [3.05, 3.63) is 95.2 Å². The highest BCUT2D eigenvalue weighted by atomic mass is 16.7. The molecule has 2 aliphatic heterocycles. The second-order valence-corrected chi connectivity index (χ2v) is 9.78. The second-order valence-electron chi connectivity index (χ2n) is 9.78. The number of hydrogen-bond acceptors (Lipinski definition) is 6. The maximum atomic E-state index is 14.1. The highest BCUT2D eigenvalue weighted by Gasteiger charge is 2.44.